The van der Waals surface area contributed by atoms with Crippen molar-refractivity contribution in [1.82, 2.24) is 15.8 Å². The van der Waals surface area contributed by atoms with Crippen LogP contribution in [0.3, 0.4) is 0 Å². The molecule has 0 spiro atoms. The molecule has 32 heavy (non-hydrogen) atoms. The van der Waals surface area contributed by atoms with Crippen LogP contribution in [-0.4, -0.2) is 41.6 Å². The molecule has 2 aliphatic rings. The molecular formula is C23H24ClN3O5. The Morgan fingerprint density at radius 1 is 1.16 bits per heavy atom. The first-order valence-electron chi connectivity index (χ1n) is 10.4. The van der Waals surface area contributed by atoms with Gasteiger partial charge in [0.2, 0.25) is 5.91 Å². The summed E-state index contributed by atoms with van der Waals surface area (Å²) < 4.78 is 11.2. The van der Waals surface area contributed by atoms with Crippen molar-refractivity contribution in [1.29, 1.82) is 0 Å². The van der Waals surface area contributed by atoms with Gasteiger partial charge in [0.25, 0.3) is 5.91 Å². The second kappa shape index (κ2) is 9.08. The number of amides is 4. The first kappa shape index (κ1) is 22.0. The Bertz CT molecular complexity index is 1050. The van der Waals surface area contributed by atoms with Crippen LogP contribution in [0.2, 0.25) is 5.02 Å². The molecule has 1 atom stereocenters. The number of imide groups is 1. The van der Waals surface area contributed by atoms with E-state index in [1.807, 2.05) is 30.3 Å². The first-order chi connectivity index (χ1) is 15.4. The van der Waals surface area contributed by atoms with Gasteiger partial charge in [-0.15, -0.1) is 0 Å². The zero-order valence-electron chi connectivity index (χ0n) is 17.7. The van der Waals surface area contributed by atoms with Crippen LogP contribution in [-0.2, 0) is 22.4 Å². The number of urea groups is 1. The van der Waals surface area contributed by atoms with E-state index in [-0.39, 0.29) is 6.42 Å². The van der Waals surface area contributed by atoms with Gasteiger partial charge in [-0.25, -0.2) is 4.79 Å². The molecule has 0 saturated carbocycles. The number of hydrogen-bond donors (Lipinski definition) is 2. The highest BCUT2D eigenvalue weighted by atomic mass is 35.5. The lowest BCUT2D eigenvalue weighted by molar-refractivity contribution is -0.138. The van der Waals surface area contributed by atoms with E-state index in [2.05, 4.69) is 10.7 Å². The van der Waals surface area contributed by atoms with Gasteiger partial charge in [0, 0.05) is 6.42 Å². The number of nitrogens with one attached hydrogen (secondary N) is 2. The molecule has 2 heterocycles. The van der Waals surface area contributed by atoms with E-state index < -0.39 is 23.4 Å². The van der Waals surface area contributed by atoms with E-state index in [0.717, 1.165) is 17.0 Å². The van der Waals surface area contributed by atoms with Crippen molar-refractivity contribution in [2.45, 2.75) is 38.1 Å². The number of halogens is 1. The van der Waals surface area contributed by atoms with E-state index in [0.29, 0.717) is 48.1 Å². The lowest BCUT2D eigenvalue weighted by atomic mass is 9.93. The van der Waals surface area contributed by atoms with E-state index in [9.17, 15) is 14.4 Å². The number of nitrogens with zero attached hydrogens (tertiary/aromatic N) is 1. The summed E-state index contributed by atoms with van der Waals surface area (Å²) in [4.78, 5) is 37.9. The van der Waals surface area contributed by atoms with Crippen molar-refractivity contribution in [3.8, 4) is 11.5 Å². The largest absolute Gasteiger partial charge is 0.489 e. The fourth-order valence-corrected chi connectivity index (χ4v) is 4.02. The molecule has 2 aliphatic heterocycles. The number of ether oxygens (including phenoxy) is 2. The molecule has 0 aliphatic carbocycles. The zero-order valence-corrected chi connectivity index (χ0v) is 18.4. The smallest absolute Gasteiger partial charge is 0.344 e. The van der Waals surface area contributed by atoms with Crippen LogP contribution in [0.15, 0.2) is 42.5 Å². The van der Waals surface area contributed by atoms with Crippen molar-refractivity contribution in [2.75, 3.05) is 13.2 Å². The standard InChI is InChI=1S/C23H24ClN3O5/c1-23(9-8-15-6-3-2-4-7-15)21(29)27(22(30)25-23)26-19(28)14-16-12-17(24)20-18(13-16)31-10-5-11-32-20/h2-4,6-7,12-13H,5,8-11,14H2,1H3,(H,25,30)(H,26,28). The minimum absolute atomic E-state index is 0.0891. The summed E-state index contributed by atoms with van der Waals surface area (Å²) in [6.07, 6.45) is 1.66. The average Bonchev–Trinajstić information content (AvgIpc) is 2.93. The normalized spacial score (nSPS) is 20.0. The van der Waals surface area contributed by atoms with Crippen molar-refractivity contribution in [3.05, 3.63) is 58.6 Å². The lowest BCUT2D eigenvalue weighted by Crippen LogP contribution is -2.49. The van der Waals surface area contributed by atoms with E-state index in [1.165, 1.54) is 0 Å². The molecule has 4 amide bonds. The van der Waals surface area contributed by atoms with Crippen molar-refractivity contribution >= 4 is 29.4 Å². The Morgan fingerprint density at radius 2 is 1.91 bits per heavy atom. The Kier molecular flexibility index (Phi) is 6.23. The van der Waals surface area contributed by atoms with Gasteiger partial charge in [-0.2, -0.15) is 5.01 Å². The monoisotopic (exact) mass is 457 g/mol. The molecule has 2 aromatic carbocycles. The number of carbonyl (C=O) groups is 3. The third-order valence-electron chi connectivity index (χ3n) is 5.48. The molecule has 4 rings (SSSR count). The minimum atomic E-state index is -1.10. The summed E-state index contributed by atoms with van der Waals surface area (Å²) in [5, 5.41) is 3.78. The molecule has 8 nitrogen and oxygen atoms in total. The van der Waals surface area contributed by atoms with E-state index in [1.54, 1.807) is 19.1 Å². The molecule has 168 valence electrons. The first-order valence-corrected chi connectivity index (χ1v) is 10.8. The van der Waals surface area contributed by atoms with Crippen LogP contribution in [0.5, 0.6) is 11.5 Å². The molecule has 9 heteroatoms. The number of hydrogen-bond acceptors (Lipinski definition) is 5. The van der Waals surface area contributed by atoms with Gasteiger partial charge in [0.15, 0.2) is 11.5 Å². The van der Waals surface area contributed by atoms with Gasteiger partial charge >= 0.3 is 6.03 Å². The maximum absolute atomic E-state index is 12.9. The molecule has 1 fully saturated rings. The van der Waals surface area contributed by atoms with Gasteiger partial charge in [-0.05, 0) is 43.0 Å². The molecule has 1 saturated heterocycles. The maximum Gasteiger partial charge on any atom is 0.344 e. The SMILES string of the molecule is CC1(CCc2ccccc2)NC(=O)N(NC(=O)Cc2cc(Cl)c3c(c2)OCCCO3)C1=O. The quantitative estimate of drug-likeness (QED) is 0.650. The molecule has 2 N–H and O–H groups in total. The third-order valence-corrected chi connectivity index (χ3v) is 5.76. The van der Waals surface area contributed by atoms with Gasteiger partial charge in [0.1, 0.15) is 5.54 Å². The number of fused-ring (bicyclic) bond motifs is 1. The summed E-state index contributed by atoms with van der Waals surface area (Å²) in [6.45, 7) is 2.65. The predicted octanol–water partition coefficient (Wildman–Crippen LogP) is 3.02. The third kappa shape index (κ3) is 4.65. The van der Waals surface area contributed by atoms with E-state index in [4.69, 9.17) is 21.1 Å². The number of aryl methyl sites for hydroxylation is 1. The van der Waals surface area contributed by atoms with Crippen LogP contribution in [0.4, 0.5) is 4.79 Å². The topological polar surface area (TPSA) is 97.0 Å². The van der Waals surface area contributed by atoms with Crippen LogP contribution >= 0.6 is 11.6 Å². The molecule has 0 radical (unpaired) electrons. The number of benzene rings is 2. The summed E-state index contributed by atoms with van der Waals surface area (Å²) in [7, 11) is 0. The van der Waals surface area contributed by atoms with Crippen LogP contribution in [0.25, 0.3) is 0 Å². The predicted molar refractivity (Wildman–Crippen MR) is 117 cm³/mol. The second-order valence-electron chi connectivity index (χ2n) is 8.06. The van der Waals surface area contributed by atoms with Crippen molar-refractivity contribution in [2.24, 2.45) is 0 Å². The summed E-state index contributed by atoms with van der Waals surface area (Å²) >= 11 is 6.28. The van der Waals surface area contributed by atoms with Crippen molar-refractivity contribution in [3.63, 3.8) is 0 Å². The zero-order chi connectivity index (χ0) is 22.7. The highest BCUT2D eigenvalue weighted by Gasteiger charge is 2.48. The summed E-state index contributed by atoms with van der Waals surface area (Å²) in [5.41, 5.74) is 2.95. The summed E-state index contributed by atoms with van der Waals surface area (Å²) in [6, 6.07) is 12.3. The van der Waals surface area contributed by atoms with E-state index >= 15 is 0 Å². The second-order valence-corrected chi connectivity index (χ2v) is 8.46. The molecule has 2 aromatic rings. The van der Waals surface area contributed by atoms with Crippen LogP contribution in [0, 0.1) is 0 Å². The lowest BCUT2D eigenvalue weighted by Gasteiger charge is -2.21. The fraction of sp³-hybridized carbons (Fsp3) is 0.348. The number of carbonyl (C=O) groups excluding carboxylic acids is 3. The Morgan fingerprint density at radius 3 is 2.69 bits per heavy atom. The summed E-state index contributed by atoms with van der Waals surface area (Å²) in [5.74, 6) is -0.0901. The molecule has 0 bridgehead atoms. The van der Waals surface area contributed by atoms with Crippen LogP contribution < -0.4 is 20.2 Å². The average molecular weight is 458 g/mol. The highest BCUT2D eigenvalue weighted by molar-refractivity contribution is 6.32. The fourth-order valence-electron chi connectivity index (χ4n) is 3.73. The van der Waals surface area contributed by atoms with Gasteiger partial charge in [-0.1, -0.05) is 41.9 Å². The Balaban J connectivity index is 1.40. The van der Waals surface area contributed by atoms with Gasteiger partial charge < -0.3 is 14.8 Å². The Hall–Kier alpha value is -3.26. The molecular weight excluding hydrogens is 434 g/mol. The Labute approximate surface area is 190 Å². The van der Waals surface area contributed by atoms with Gasteiger partial charge in [0.05, 0.1) is 24.7 Å². The highest BCUT2D eigenvalue weighted by Crippen LogP contribution is 2.38. The maximum atomic E-state index is 12.9. The minimum Gasteiger partial charge on any atom is -0.489 e. The molecule has 1 unspecified atom stereocenters. The number of rotatable bonds is 6. The number of hydrazine groups is 1. The van der Waals surface area contributed by atoms with Gasteiger partial charge in [-0.3, -0.25) is 15.0 Å². The molecule has 0 aromatic heterocycles. The van der Waals surface area contributed by atoms with Crippen molar-refractivity contribution < 1.29 is 23.9 Å². The van der Waals surface area contributed by atoms with Crippen LogP contribution in [0.1, 0.15) is 30.9 Å².